The van der Waals surface area contributed by atoms with Crippen LogP contribution in [-0.4, -0.2) is 59.7 Å². The van der Waals surface area contributed by atoms with E-state index in [-0.39, 0.29) is 24.7 Å². The summed E-state index contributed by atoms with van der Waals surface area (Å²) in [6.45, 7) is 3.83. The molecule has 0 aromatic heterocycles. The van der Waals surface area contributed by atoms with Gasteiger partial charge in [-0.05, 0) is 5.92 Å². The van der Waals surface area contributed by atoms with Crippen molar-refractivity contribution in [1.29, 1.82) is 0 Å². The highest BCUT2D eigenvalue weighted by Gasteiger charge is 2.42. The lowest BCUT2D eigenvalue weighted by molar-refractivity contribution is -0.875. The molecule has 0 radical (unpaired) electrons. The molecule has 0 fully saturated rings. The monoisotopic (exact) mass is 246 g/mol. The SMILES string of the molecule is CC(C)CC(=O)[C@@](O)(CC(=O)O)C[N+](C)(C)C. The summed E-state index contributed by atoms with van der Waals surface area (Å²) in [7, 11) is 5.44. The van der Waals surface area contributed by atoms with E-state index in [1.807, 2.05) is 35.0 Å². The lowest BCUT2D eigenvalue weighted by Crippen LogP contribution is -2.55. The molecule has 0 heterocycles. The van der Waals surface area contributed by atoms with Gasteiger partial charge in [0.15, 0.2) is 11.4 Å². The maximum atomic E-state index is 12.0. The topological polar surface area (TPSA) is 74.6 Å². The first-order chi connectivity index (χ1) is 7.46. The molecule has 0 spiro atoms. The van der Waals surface area contributed by atoms with Gasteiger partial charge in [0.2, 0.25) is 0 Å². The number of aliphatic carboxylic acids is 1. The van der Waals surface area contributed by atoms with Crippen LogP contribution in [-0.2, 0) is 9.59 Å². The number of likely N-dealkylation sites (N-methyl/N-ethyl adjacent to an activating group) is 1. The van der Waals surface area contributed by atoms with Gasteiger partial charge >= 0.3 is 5.97 Å². The minimum Gasteiger partial charge on any atom is -0.481 e. The normalized spacial score (nSPS) is 15.7. The Balaban J connectivity index is 4.96. The number of aliphatic hydroxyl groups is 1. The summed E-state index contributed by atoms with van der Waals surface area (Å²) < 4.78 is 0.341. The largest absolute Gasteiger partial charge is 0.481 e. The Morgan fingerprint density at radius 3 is 2.00 bits per heavy atom. The molecule has 5 nitrogen and oxygen atoms in total. The Bertz CT molecular complexity index is 293. The van der Waals surface area contributed by atoms with Crippen LogP contribution in [0.4, 0.5) is 0 Å². The van der Waals surface area contributed by atoms with Crippen LogP contribution in [0.3, 0.4) is 0 Å². The molecule has 0 aromatic carbocycles. The van der Waals surface area contributed by atoms with Crippen molar-refractivity contribution in [3.8, 4) is 0 Å². The van der Waals surface area contributed by atoms with E-state index in [2.05, 4.69) is 0 Å². The number of hydrogen-bond donors (Lipinski definition) is 2. The van der Waals surface area contributed by atoms with Gasteiger partial charge in [0.1, 0.15) is 6.54 Å². The number of carboxylic acid groups (broad SMARTS) is 1. The maximum Gasteiger partial charge on any atom is 0.306 e. The van der Waals surface area contributed by atoms with Gasteiger partial charge in [0.25, 0.3) is 0 Å². The second-order valence-electron chi connectivity index (χ2n) is 6.07. The molecule has 1 atom stereocenters. The Kier molecular flexibility index (Phi) is 5.29. The summed E-state index contributed by atoms with van der Waals surface area (Å²) >= 11 is 0. The number of nitrogens with zero attached hydrogens (tertiary/aromatic N) is 1. The van der Waals surface area contributed by atoms with Crippen molar-refractivity contribution in [2.45, 2.75) is 32.3 Å². The van der Waals surface area contributed by atoms with Crippen LogP contribution in [0, 0.1) is 5.92 Å². The second-order valence-corrected chi connectivity index (χ2v) is 6.07. The average molecular weight is 246 g/mol. The minimum atomic E-state index is -1.77. The first kappa shape index (κ1) is 16.1. The molecule has 100 valence electrons. The fourth-order valence-corrected chi connectivity index (χ4v) is 1.84. The number of rotatable bonds is 7. The third kappa shape index (κ3) is 6.38. The zero-order valence-corrected chi connectivity index (χ0v) is 11.4. The smallest absolute Gasteiger partial charge is 0.306 e. The highest BCUT2D eigenvalue weighted by atomic mass is 16.4. The summed E-state index contributed by atoms with van der Waals surface area (Å²) in [4.78, 5) is 22.7. The number of carbonyl (C=O) groups excluding carboxylic acids is 1. The van der Waals surface area contributed by atoms with Gasteiger partial charge in [-0.1, -0.05) is 13.8 Å². The lowest BCUT2D eigenvalue weighted by atomic mass is 9.88. The van der Waals surface area contributed by atoms with Crippen LogP contribution in [0.15, 0.2) is 0 Å². The van der Waals surface area contributed by atoms with Gasteiger partial charge < -0.3 is 14.7 Å². The van der Waals surface area contributed by atoms with E-state index in [4.69, 9.17) is 5.11 Å². The zero-order valence-electron chi connectivity index (χ0n) is 11.4. The lowest BCUT2D eigenvalue weighted by Gasteiger charge is -2.34. The van der Waals surface area contributed by atoms with Crippen molar-refractivity contribution in [3.63, 3.8) is 0 Å². The van der Waals surface area contributed by atoms with Crippen molar-refractivity contribution < 1.29 is 24.3 Å². The molecular formula is C12H24NO4+. The molecule has 0 saturated heterocycles. The standard InChI is InChI=1S/C12H23NO4/c1-9(2)6-10(14)12(17,7-11(15)16)8-13(3,4)5/h9,17H,6-8H2,1-5H3/p+1/t12-/m1/s1. The molecule has 0 aliphatic rings. The van der Waals surface area contributed by atoms with E-state index in [9.17, 15) is 14.7 Å². The van der Waals surface area contributed by atoms with Gasteiger partial charge in [-0.3, -0.25) is 9.59 Å². The van der Waals surface area contributed by atoms with Gasteiger partial charge in [0.05, 0.1) is 27.6 Å². The Labute approximate surface area is 103 Å². The molecule has 2 N–H and O–H groups in total. The molecule has 5 heteroatoms. The maximum absolute atomic E-state index is 12.0. The predicted molar refractivity (Wildman–Crippen MR) is 64.6 cm³/mol. The van der Waals surface area contributed by atoms with Crippen LogP contribution in [0.5, 0.6) is 0 Å². The van der Waals surface area contributed by atoms with E-state index in [0.717, 1.165) is 0 Å². The molecule has 0 aliphatic heterocycles. The van der Waals surface area contributed by atoms with Gasteiger partial charge in [0, 0.05) is 6.42 Å². The van der Waals surface area contributed by atoms with Crippen LogP contribution in [0.1, 0.15) is 26.7 Å². The summed E-state index contributed by atoms with van der Waals surface area (Å²) in [6.07, 6.45) is -0.335. The third-order valence-electron chi connectivity index (χ3n) is 2.29. The van der Waals surface area contributed by atoms with Crippen LogP contribution >= 0.6 is 0 Å². The fraction of sp³-hybridized carbons (Fsp3) is 0.833. The average Bonchev–Trinajstić information content (AvgIpc) is 1.96. The van der Waals surface area contributed by atoms with Gasteiger partial charge in [-0.15, -0.1) is 0 Å². The summed E-state index contributed by atoms with van der Waals surface area (Å²) in [5.74, 6) is -1.43. The molecule has 0 rings (SSSR count). The van der Waals surface area contributed by atoms with Crippen LogP contribution < -0.4 is 0 Å². The Hall–Kier alpha value is -0.940. The Morgan fingerprint density at radius 1 is 1.24 bits per heavy atom. The summed E-state index contributed by atoms with van der Waals surface area (Å²) in [5.41, 5.74) is -1.77. The van der Waals surface area contributed by atoms with E-state index in [1.54, 1.807) is 0 Å². The Morgan fingerprint density at radius 2 is 1.71 bits per heavy atom. The van der Waals surface area contributed by atoms with Crippen molar-refractivity contribution in [1.82, 2.24) is 0 Å². The van der Waals surface area contributed by atoms with E-state index in [0.29, 0.717) is 4.48 Å². The predicted octanol–water partition coefficient (Wildman–Crippen LogP) is 0.514. The van der Waals surface area contributed by atoms with Crippen LogP contribution in [0.25, 0.3) is 0 Å². The number of Topliss-reactive ketones (excluding diaryl/α,β-unsaturated/α-hetero) is 1. The van der Waals surface area contributed by atoms with Crippen LogP contribution in [0.2, 0.25) is 0 Å². The molecular weight excluding hydrogens is 222 g/mol. The number of ketones is 1. The van der Waals surface area contributed by atoms with Gasteiger partial charge in [-0.25, -0.2) is 0 Å². The van der Waals surface area contributed by atoms with Crippen molar-refractivity contribution >= 4 is 11.8 Å². The molecule has 0 amide bonds. The number of carbonyl (C=O) groups is 2. The number of carboxylic acids is 1. The molecule has 0 saturated carbocycles. The quantitative estimate of drug-likeness (QED) is 0.642. The number of quaternary nitrogens is 1. The first-order valence-electron chi connectivity index (χ1n) is 5.74. The minimum absolute atomic E-state index is 0.102. The molecule has 0 aliphatic carbocycles. The molecule has 0 aromatic rings. The van der Waals surface area contributed by atoms with Crippen molar-refractivity contribution in [2.75, 3.05) is 27.7 Å². The summed E-state index contributed by atoms with van der Waals surface area (Å²) in [6, 6.07) is 0. The molecule has 17 heavy (non-hydrogen) atoms. The zero-order chi connectivity index (χ0) is 13.9. The fourth-order valence-electron chi connectivity index (χ4n) is 1.84. The van der Waals surface area contributed by atoms with E-state index in [1.165, 1.54) is 0 Å². The van der Waals surface area contributed by atoms with Crippen molar-refractivity contribution in [2.24, 2.45) is 5.92 Å². The van der Waals surface area contributed by atoms with E-state index >= 15 is 0 Å². The highest BCUT2D eigenvalue weighted by molar-refractivity contribution is 5.91. The van der Waals surface area contributed by atoms with Crippen molar-refractivity contribution in [3.05, 3.63) is 0 Å². The molecule has 0 bridgehead atoms. The highest BCUT2D eigenvalue weighted by Crippen LogP contribution is 2.20. The summed E-state index contributed by atoms with van der Waals surface area (Å²) in [5, 5.41) is 19.1. The first-order valence-corrected chi connectivity index (χ1v) is 5.74. The second kappa shape index (κ2) is 5.60. The third-order valence-corrected chi connectivity index (χ3v) is 2.29. The van der Waals surface area contributed by atoms with E-state index < -0.39 is 18.0 Å². The molecule has 0 unspecified atom stereocenters. The number of hydrogen-bond acceptors (Lipinski definition) is 3. The van der Waals surface area contributed by atoms with Gasteiger partial charge in [-0.2, -0.15) is 0 Å².